The van der Waals surface area contributed by atoms with Crippen molar-refractivity contribution in [2.75, 3.05) is 37.6 Å². The number of nitrogens with zero attached hydrogens (tertiary/aromatic N) is 1. The molecule has 4 nitrogen and oxygen atoms in total. The van der Waals surface area contributed by atoms with Crippen LogP contribution < -0.4 is 15.5 Å². The Morgan fingerprint density at radius 3 is 2.61 bits per heavy atom. The number of carbonyl (C=O) groups is 1. The van der Waals surface area contributed by atoms with E-state index in [0.29, 0.717) is 12.1 Å². The van der Waals surface area contributed by atoms with E-state index in [4.69, 9.17) is 0 Å². The van der Waals surface area contributed by atoms with Crippen LogP contribution in [0.3, 0.4) is 0 Å². The SMILES string of the molecule is C=CCNC(=O)c1ccc(N2CCNCC2)cc1. The Labute approximate surface area is 108 Å². The van der Waals surface area contributed by atoms with E-state index in [9.17, 15) is 4.79 Å². The van der Waals surface area contributed by atoms with Gasteiger partial charge < -0.3 is 15.5 Å². The number of piperazine rings is 1. The van der Waals surface area contributed by atoms with Crippen LogP contribution in [0.4, 0.5) is 5.69 Å². The first-order chi connectivity index (χ1) is 8.81. The lowest BCUT2D eigenvalue weighted by molar-refractivity contribution is 0.0958. The molecule has 18 heavy (non-hydrogen) atoms. The summed E-state index contributed by atoms with van der Waals surface area (Å²) in [7, 11) is 0. The van der Waals surface area contributed by atoms with Crippen molar-refractivity contribution in [3.63, 3.8) is 0 Å². The second-order valence-corrected chi connectivity index (χ2v) is 4.28. The molecule has 0 unspecified atom stereocenters. The third-order valence-corrected chi connectivity index (χ3v) is 3.02. The summed E-state index contributed by atoms with van der Waals surface area (Å²) in [6.45, 7) is 8.14. The van der Waals surface area contributed by atoms with Crippen LogP contribution in [-0.4, -0.2) is 38.6 Å². The number of nitrogens with one attached hydrogen (secondary N) is 2. The van der Waals surface area contributed by atoms with Crippen molar-refractivity contribution in [3.05, 3.63) is 42.5 Å². The van der Waals surface area contributed by atoms with Gasteiger partial charge in [-0.15, -0.1) is 6.58 Å². The third kappa shape index (κ3) is 3.11. The van der Waals surface area contributed by atoms with E-state index in [0.717, 1.165) is 26.2 Å². The van der Waals surface area contributed by atoms with Gasteiger partial charge in [0.25, 0.3) is 5.91 Å². The number of rotatable bonds is 4. The summed E-state index contributed by atoms with van der Waals surface area (Å²) < 4.78 is 0. The quantitative estimate of drug-likeness (QED) is 0.778. The zero-order valence-corrected chi connectivity index (χ0v) is 10.5. The smallest absolute Gasteiger partial charge is 0.251 e. The molecule has 0 aliphatic carbocycles. The molecule has 0 radical (unpaired) electrons. The minimum absolute atomic E-state index is 0.0539. The number of carbonyl (C=O) groups excluding carboxylic acids is 1. The van der Waals surface area contributed by atoms with E-state index in [2.05, 4.69) is 22.1 Å². The van der Waals surface area contributed by atoms with Crippen molar-refractivity contribution in [1.29, 1.82) is 0 Å². The molecule has 1 amide bonds. The van der Waals surface area contributed by atoms with Gasteiger partial charge in [-0.2, -0.15) is 0 Å². The van der Waals surface area contributed by atoms with Crippen LogP contribution in [0.15, 0.2) is 36.9 Å². The van der Waals surface area contributed by atoms with Gasteiger partial charge >= 0.3 is 0 Å². The first kappa shape index (κ1) is 12.6. The summed E-state index contributed by atoms with van der Waals surface area (Å²) in [5, 5.41) is 6.09. The molecule has 0 spiro atoms. The Morgan fingerprint density at radius 2 is 2.00 bits per heavy atom. The number of amides is 1. The molecule has 4 heteroatoms. The van der Waals surface area contributed by atoms with Crippen molar-refractivity contribution >= 4 is 11.6 Å². The van der Waals surface area contributed by atoms with Gasteiger partial charge in [0.2, 0.25) is 0 Å². The van der Waals surface area contributed by atoms with Gasteiger partial charge in [0.1, 0.15) is 0 Å². The number of benzene rings is 1. The molecular formula is C14H19N3O. The average molecular weight is 245 g/mol. The second-order valence-electron chi connectivity index (χ2n) is 4.28. The average Bonchev–Trinajstić information content (AvgIpc) is 2.46. The number of anilines is 1. The van der Waals surface area contributed by atoms with Gasteiger partial charge in [-0.1, -0.05) is 6.08 Å². The molecule has 96 valence electrons. The standard InChI is InChI=1S/C14H19N3O/c1-2-7-16-14(18)12-3-5-13(6-4-12)17-10-8-15-9-11-17/h2-6,15H,1,7-11H2,(H,16,18). The Balaban J connectivity index is 2.00. The van der Waals surface area contributed by atoms with Crippen LogP contribution >= 0.6 is 0 Å². The van der Waals surface area contributed by atoms with Gasteiger partial charge in [-0.25, -0.2) is 0 Å². The van der Waals surface area contributed by atoms with Crippen molar-refractivity contribution < 1.29 is 4.79 Å². The van der Waals surface area contributed by atoms with Crippen LogP contribution in [0.1, 0.15) is 10.4 Å². The zero-order chi connectivity index (χ0) is 12.8. The molecular weight excluding hydrogens is 226 g/mol. The van der Waals surface area contributed by atoms with Crippen LogP contribution in [0.25, 0.3) is 0 Å². The normalized spacial score (nSPS) is 15.2. The van der Waals surface area contributed by atoms with Gasteiger partial charge in [-0.05, 0) is 24.3 Å². The fourth-order valence-electron chi connectivity index (χ4n) is 2.01. The first-order valence-electron chi connectivity index (χ1n) is 6.26. The first-order valence-corrected chi connectivity index (χ1v) is 6.26. The Morgan fingerprint density at radius 1 is 1.33 bits per heavy atom. The maximum absolute atomic E-state index is 11.7. The molecule has 0 bridgehead atoms. The van der Waals surface area contributed by atoms with Gasteiger partial charge in [0, 0.05) is 44.0 Å². The zero-order valence-electron chi connectivity index (χ0n) is 10.5. The van der Waals surface area contributed by atoms with Crippen LogP contribution in [0.5, 0.6) is 0 Å². The lowest BCUT2D eigenvalue weighted by Crippen LogP contribution is -2.43. The molecule has 1 aromatic rings. The minimum Gasteiger partial charge on any atom is -0.369 e. The molecule has 2 rings (SSSR count). The van der Waals surface area contributed by atoms with E-state index in [1.165, 1.54) is 5.69 Å². The monoisotopic (exact) mass is 245 g/mol. The molecule has 1 aliphatic rings. The maximum atomic E-state index is 11.7. The Hall–Kier alpha value is -1.81. The number of hydrogen-bond acceptors (Lipinski definition) is 3. The lowest BCUT2D eigenvalue weighted by Gasteiger charge is -2.29. The van der Waals surface area contributed by atoms with Gasteiger partial charge in [-0.3, -0.25) is 4.79 Å². The highest BCUT2D eigenvalue weighted by Gasteiger charge is 2.11. The van der Waals surface area contributed by atoms with E-state index in [1.807, 2.05) is 24.3 Å². The van der Waals surface area contributed by atoms with Crippen molar-refractivity contribution in [1.82, 2.24) is 10.6 Å². The summed E-state index contributed by atoms with van der Waals surface area (Å²) in [6, 6.07) is 7.76. The summed E-state index contributed by atoms with van der Waals surface area (Å²) in [6.07, 6.45) is 1.67. The minimum atomic E-state index is -0.0539. The third-order valence-electron chi connectivity index (χ3n) is 3.02. The van der Waals surface area contributed by atoms with E-state index < -0.39 is 0 Å². The fraction of sp³-hybridized carbons (Fsp3) is 0.357. The highest BCUT2D eigenvalue weighted by molar-refractivity contribution is 5.94. The molecule has 1 saturated heterocycles. The van der Waals surface area contributed by atoms with Gasteiger partial charge in [0.15, 0.2) is 0 Å². The number of hydrogen-bond donors (Lipinski definition) is 2. The maximum Gasteiger partial charge on any atom is 0.251 e. The highest BCUT2D eigenvalue weighted by atomic mass is 16.1. The van der Waals surface area contributed by atoms with E-state index >= 15 is 0 Å². The fourth-order valence-corrected chi connectivity index (χ4v) is 2.01. The molecule has 0 saturated carbocycles. The summed E-state index contributed by atoms with van der Waals surface area (Å²) >= 11 is 0. The molecule has 2 N–H and O–H groups in total. The van der Waals surface area contributed by atoms with Crippen LogP contribution in [0.2, 0.25) is 0 Å². The van der Waals surface area contributed by atoms with E-state index in [1.54, 1.807) is 6.08 Å². The van der Waals surface area contributed by atoms with Crippen molar-refractivity contribution in [2.45, 2.75) is 0 Å². The molecule has 1 aromatic carbocycles. The molecule has 1 heterocycles. The predicted molar refractivity (Wildman–Crippen MR) is 74.1 cm³/mol. The molecule has 1 aliphatic heterocycles. The predicted octanol–water partition coefficient (Wildman–Crippen LogP) is 1.01. The lowest BCUT2D eigenvalue weighted by atomic mass is 10.1. The molecule has 1 fully saturated rings. The van der Waals surface area contributed by atoms with Crippen LogP contribution in [-0.2, 0) is 0 Å². The highest BCUT2D eigenvalue weighted by Crippen LogP contribution is 2.15. The topological polar surface area (TPSA) is 44.4 Å². The van der Waals surface area contributed by atoms with Gasteiger partial charge in [0.05, 0.1) is 0 Å². The Kier molecular flexibility index (Phi) is 4.36. The molecule has 0 aromatic heterocycles. The summed E-state index contributed by atoms with van der Waals surface area (Å²) in [5.41, 5.74) is 1.87. The summed E-state index contributed by atoms with van der Waals surface area (Å²) in [5.74, 6) is -0.0539. The summed E-state index contributed by atoms with van der Waals surface area (Å²) in [4.78, 5) is 14.0. The largest absolute Gasteiger partial charge is 0.369 e. The second kappa shape index (κ2) is 6.21. The Bertz CT molecular complexity index is 408. The molecule has 0 atom stereocenters. The van der Waals surface area contributed by atoms with E-state index in [-0.39, 0.29) is 5.91 Å². The van der Waals surface area contributed by atoms with Crippen molar-refractivity contribution in [3.8, 4) is 0 Å². The van der Waals surface area contributed by atoms with Crippen LogP contribution in [0, 0.1) is 0 Å². The van der Waals surface area contributed by atoms with Crippen molar-refractivity contribution in [2.24, 2.45) is 0 Å².